The van der Waals surface area contributed by atoms with E-state index in [2.05, 4.69) is 0 Å². The van der Waals surface area contributed by atoms with Crippen molar-refractivity contribution in [2.24, 2.45) is 5.92 Å². The monoisotopic (exact) mass is 334 g/mol. The highest BCUT2D eigenvalue weighted by molar-refractivity contribution is 5.78. The van der Waals surface area contributed by atoms with Gasteiger partial charge in [0.1, 0.15) is 12.4 Å². The van der Waals surface area contributed by atoms with Crippen LogP contribution in [-0.2, 0) is 11.3 Å². The number of halogens is 4. The van der Waals surface area contributed by atoms with Crippen LogP contribution in [0.4, 0.5) is 17.6 Å². The zero-order valence-corrected chi connectivity index (χ0v) is 13.5. The summed E-state index contributed by atoms with van der Waals surface area (Å²) in [5, 5.41) is 0. The van der Waals surface area contributed by atoms with Crippen molar-refractivity contribution in [3.63, 3.8) is 0 Å². The number of carbonyl (C=O) groups excluding carboxylic acids is 1. The van der Waals surface area contributed by atoms with Gasteiger partial charge in [0.15, 0.2) is 0 Å². The second-order valence-corrected chi connectivity index (χ2v) is 6.09. The Balaban J connectivity index is 2.65. The van der Waals surface area contributed by atoms with E-state index in [0.717, 1.165) is 4.90 Å². The molecule has 1 aromatic carbocycles. The number of carbonyl (C=O) groups is 1. The predicted molar refractivity (Wildman–Crippen MR) is 80.2 cm³/mol. The maximum absolute atomic E-state index is 13.1. The number of nitrogens with zero attached hydrogens (tertiary/aromatic N) is 2. The van der Waals surface area contributed by atoms with E-state index in [1.54, 1.807) is 37.9 Å². The molecule has 0 radical (unpaired) electrons. The lowest BCUT2D eigenvalue weighted by molar-refractivity contribution is -0.162. The second kappa shape index (κ2) is 8.29. The van der Waals surface area contributed by atoms with Crippen LogP contribution in [0.3, 0.4) is 0 Å². The van der Waals surface area contributed by atoms with Crippen LogP contribution in [0.15, 0.2) is 24.3 Å². The number of benzene rings is 1. The van der Waals surface area contributed by atoms with Crippen LogP contribution < -0.4 is 0 Å². The molecule has 0 aromatic heterocycles. The summed E-state index contributed by atoms with van der Waals surface area (Å²) in [6.45, 7) is 2.44. The highest BCUT2D eigenvalue weighted by Crippen LogP contribution is 2.18. The predicted octanol–water partition coefficient (Wildman–Crippen LogP) is 3.30. The molecule has 0 fully saturated rings. The fourth-order valence-corrected chi connectivity index (χ4v) is 2.25. The van der Waals surface area contributed by atoms with Crippen LogP contribution in [0, 0.1) is 11.7 Å². The number of alkyl halides is 3. The maximum Gasteiger partial charge on any atom is 0.406 e. The van der Waals surface area contributed by atoms with Crippen molar-refractivity contribution in [2.75, 3.05) is 26.7 Å². The van der Waals surface area contributed by atoms with E-state index < -0.39 is 18.6 Å². The first-order chi connectivity index (χ1) is 10.6. The van der Waals surface area contributed by atoms with Gasteiger partial charge >= 0.3 is 6.18 Å². The first-order valence-corrected chi connectivity index (χ1v) is 7.34. The molecule has 0 aliphatic rings. The van der Waals surface area contributed by atoms with Gasteiger partial charge in [-0.1, -0.05) is 26.0 Å². The van der Waals surface area contributed by atoms with Crippen LogP contribution >= 0.6 is 0 Å². The normalized spacial score (nSPS) is 12.0. The summed E-state index contributed by atoms with van der Waals surface area (Å²) in [5.41, 5.74) is 0.659. The minimum absolute atomic E-state index is 0.0478. The van der Waals surface area contributed by atoms with Crippen LogP contribution in [0.5, 0.6) is 0 Å². The molecule has 0 spiro atoms. The van der Waals surface area contributed by atoms with Crippen molar-refractivity contribution in [3.8, 4) is 0 Å². The van der Waals surface area contributed by atoms with Gasteiger partial charge in [-0.3, -0.25) is 9.69 Å². The van der Waals surface area contributed by atoms with E-state index >= 15 is 0 Å². The molecule has 1 aromatic rings. The highest BCUT2D eigenvalue weighted by Gasteiger charge is 2.33. The Morgan fingerprint density at radius 3 is 2.43 bits per heavy atom. The molecule has 0 unspecified atom stereocenters. The van der Waals surface area contributed by atoms with Crippen LogP contribution in [0.2, 0.25) is 0 Å². The van der Waals surface area contributed by atoms with E-state index in [4.69, 9.17) is 0 Å². The fourth-order valence-electron chi connectivity index (χ4n) is 2.25. The molecule has 0 bridgehead atoms. The summed E-state index contributed by atoms with van der Waals surface area (Å²) < 4.78 is 50.9. The van der Waals surface area contributed by atoms with Gasteiger partial charge in [-0.2, -0.15) is 13.2 Å². The van der Waals surface area contributed by atoms with Crippen molar-refractivity contribution in [3.05, 3.63) is 35.6 Å². The van der Waals surface area contributed by atoms with Gasteiger partial charge < -0.3 is 4.90 Å². The summed E-state index contributed by atoms with van der Waals surface area (Å²) >= 11 is 0. The molecule has 130 valence electrons. The molecule has 0 aliphatic heterocycles. The summed E-state index contributed by atoms with van der Waals surface area (Å²) in [4.78, 5) is 14.5. The van der Waals surface area contributed by atoms with Crippen molar-refractivity contribution in [1.82, 2.24) is 9.80 Å². The topological polar surface area (TPSA) is 23.6 Å². The molecular weight excluding hydrogens is 312 g/mol. The SMILES string of the molecule is CC(C)CN(CC(F)(F)F)C(=O)CN(C)Cc1cccc(F)c1. The first-order valence-electron chi connectivity index (χ1n) is 7.34. The Morgan fingerprint density at radius 1 is 1.26 bits per heavy atom. The van der Waals surface area contributed by atoms with Gasteiger partial charge in [-0.15, -0.1) is 0 Å². The van der Waals surface area contributed by atoms with Gasteiger partial charge in [-0.25, -0.2) is 4.39 Å². The van der Waals surface area contributed by atoms with E-state index in [9.17, 15) is 22.4 Å². The largest absolute Gasteiger partial charge is 0.406 e. The molecular formula is C16H22F4N2O. The number of amides is 1. The van der Waals surface area contributed by atoms with Crippen LogP contribution in [-0.4, -0.2) is 48.6 Å². The fraction of sp³-hybridized carbons (Fsp3) is 0.562. The lowest BCUT2D eigenvalue weighted by Crippen LogP contribution is -2.45. The summed E-state index contributed by atoms with van der Waals surface area (Å²) in [5.74, 6) is -1.04. The smallest absolute Gasteiger partial charge is 0.332 e. The van der Waals surface area contributed by atoms with E-state index in [1.807, 2.05) is 0 Å². The van der Waals surface area contributed by atoms with Gasteiger partial charge in [0.2, 0.25) is 5.91 Å². The Kier molecular flexibility index (Phi) is 7.00. The van der Waals surface area contributed by atoms with E-state index in [-0.39, 0.29) is 31.4 Å². The van der Waals surface area contributed by atoms with Crippen molar-refractivity contribution >= 4 is 5.91 Å². The third-order valence-electron chi connectivity index (χ3n) is 3.06. The maximum atomic E-state index is 13.1. The molecule has 23 heavy (non-hydrogen) atoms. The number of likely N-dealkylation sites (N-methyl/N-ethyl adjacent to an activating group) is 1. The van der Waals surface area contributed by atoms with E-state index in [0.29, 0.717) is 5.56 Å². The van der Waals surface area contributed by atoms with Crippen LogP contribution in [0.1, 0.15) is 19.4 Å². The molecule has 0 aliphatic carbocycles. The van der Waals surface area contributed by atoms with Crippen molar-refractivity contribution < 1.29 is 22.4 Å². The summed E-state index contributed by atoms with van der Waals surface area (Å²) in [6.07, 6.45) is -4.42. The number of rotatable bonds is 7. The molecule has 3 nitrogen and oxygen atoms in total. The average Bonchev–Trinajstić information content (AvgIpc) is 2.35. The quantitative estimate of drug-likeness (QED) is 0.714. The third kappa shape index (κ3) is 7.97. The van der Waals surface area contributed by atoms with Crippen LogP contribution in [0.25, 0.3) is 0 Å². The molecule has 1 rings (SSSR count). The highest BCUT2D eigenvalue weighted by atomic mass is 19.4. The number of hydrogen-bond acceptors (Lipinski definition) is 2. The zero-order chi connectivity index (χ0) is 17.6. The Morgan fingerprint density at radius 2 is 1.91 bits per heavy atom. The molecule has 0 saturated carbocycles. The summed E-state index contributed by atoms with van der Waals surface area (Å²) in [7, 11) is 1.62. The molecule has 0 saturated heterocycles. The van der Waals surface area contributed by atoms with E-state index in [1.165, 1.54) is 12.1 Å². The first kappa shape index (κ1) is 19.4. The molecule has 1 amide bonds. The minimum Gasteiger partial charge on any atom is -0.332 e. The van der Waals surface area contributed by atoms with Gasteiger partial charge in [0.25, 0.3) is 0 Å². The van der Waals surface area contributed by atoms with Gasteiger partial charge in [0, 0.05) is 13.1 Å². The Hall–Kier alpha value is -1.63. The Labute approximate surface area is 133 Å². The standard InChI is InChI=1S/C16H22F4N2O/c1-12(2)8-22(11-16(18,19)20)15(23)10-21(3)9-13-5-4-6-14(17)7-13/h4-7,12H,8-11H2,1-3H3. The number of hydrogen-bond donors (Lipinski definition) is 0. The molecule has 7 heteroatoms. The summed E-state index contributed by atoms with van der Waals surface area (Å²) in [6, 6.07) is 5.89. The molecule has 0 N–H and O–H groups in total. The van der Waals surface area contributed by atoms with Crippen molar-refractivity contribution in [1.29, 1.82) is 0 Å². The van der Waals surface area contributed by atoms with Crippen molar-refractivity contribution in [2.45, 2.75) is 26.6 Å². The lowest BCUT2D eigenvalue weighted by Gasteiger charge is -2.28. The minimum atomic E-state index is -4.42. The Bertz CT molecular complexity index is 517. The van der Waals surface area contributed by atoms with Gasteiger partial charge in [-0.05, 0) is 30.7 Å². The lowest BCUT2D eigenvalue weighted by atomic mass is 10.2. The average molecular weight is 334 g/mol. The third-order valence-corrected chi connectivity index (χ3v) is 3.06. The second-order valence-electron chi connectivity index (χ2n) is 6.09. The molecule has 0 heterocycles. The zero-order valence-electron chi connectivity index (χ0n) is 13.5. The van der Waals surface area contributed by atoms with Gasteiger partial charge in [0.05, 0.1) is 6.54 Å². The molecule has 0 atom stereocenters.